The molecule has 2 aromatic rings. The quantitative estimate of drug-likeness (QED) is 0.916. The van der Waals surface area contributed by atoms with Gasteiger partial charge in [0.05, 0.1) is 24.3 Å². The van der Waals surface area contributed by atoms with Crippen LogP contribution in [-0.4, -0.2) is 34.1 Å². The zero-order valence-corrected chi connectivity index (χ0v) is 11.0. The fourth-order valence-electron chi connectivity index (χ4n) is 2.17. The molecule has 2 aromatic heterocycles. The molecule has 3 heterocycles. The molecule has 1 amide bonds. The highest BCUT2D eigenvalue weighted by molar-refractivity contribution is 6.01. The van der Waals surface area contributed by atoms with Gasteiger partial charge in [-0.2, -0.15) is 0 Å². The van der Waals surface area contributed by atoms with Crippen LogP contribution in [0.5, 0.6) is 0 Å². The lowest BCUT2D eigenvalue weighted by molar-refractivity contribution is 0.0988. The van der Waals surface area contributed by atoms with Crippen molar-refractivity contribution in [2.24, 2.45) is 0 Å². The molecule has 0 aromatic carbocycles. The lowest BCUT2D eigenvalue weighted by atomic mass is 10.1. The third-order valence-electron chi connectivity index (χ3n) is 3.20. The van der Waals surface area contributed by atoms with Crippen LogP contribution in [0.25, 0.3) is 0 Å². The first-order valence-electron chi connectivity index (χ1n) is 6.62. The second-order valence-corrected chi connectivity index (χ2v) is 4.65. The van der Waals surface area contributed by atoms with E-state index >= 15 is 0 Å². The summed E-state index contributed by atoms with van der Waals surface area (Å²) in [7, 11) is 0. The maximum absolute atomic E-state index is 11.8. The highest BCUT2D eigenvalue weighted by Gasteiger charge is 2.14. The van der Waals surface area contributed by atoms with Gasteiger partial charge in [-0.3, -0.25) is 4.79 Å². The third kappa shape index (κ3) is 2.76. The molecule has 1 N–H and O–H groups in total. The van der Waals surface area contributed by atoms with Gasteiger partial charge in [0.1, 0.15) is 0 Å². The normalized spacial score (nSPS) is 15.1. The molecule has 1 aliphatic heterocycles. The van der Waals surface area contributed by atoms with Gasteiger partial charge in [0.25, 0.3) is 5.91 Å². The number of hydrogen-bond donors (Lipinski definition) is 1. The molecule has 0 unspecified atom stereocenters. The molecule has 7 nitrogen and oxygen atoms in total. The van der Waals surface area contributed by atoms with Crippen LogP contribution < -0.4 is 10.2 Å². The van der Waals surface area contributed by atoms with Gasteiger partial charge in [-0.1, -0.05) is 5.16 Å². The summed E-state index contributed by atoms with van der Waals surface area (Å²) >= 11 is 0. The minimum Gasteiger partial charge on any atom is -0.351 e. The fourth-order valence-corrected chi connectivity index (χ4v) is 2.17. The lowest BCUT2D eigenvalue weighted by Crippen LogP contribution is -2.30. The van der Waals surface area contributed by atoms with Crippen molar-refractivity contribution >= 4 is 17.5 Å². The monoisotopic (exact) mass is 273 g/mol. The Labute approximate surface area is 116 Å². The van der Waals surface area contributed by atoms with Crippen molar-refractivity contribution in [3.05, 3.63) is 30.4 Å². The maximum atomic E-state index is 11.8. The summed E-state index contributed by atoms with van der Waals surface area (Å²) in [6.45, 7) is 1.98. The number of anilines is 2. The Morgan fingerprint density at radius 3 is 2.60 bits per heavy atom. The van der Waals surface area contributed by atoms with Gasteiger partial charge in [0, 0.05) is 19.2 Å². The van der Waals surface area contributed by atoms with Crippen LogP contribution >= 0.6 is 0 Å². The number of piperidine rings is 1. The van der Waals surface area contributed by atoms with Crippen molar-refractivity contribution in [1.82, 2.24) is 15.1 Å². The molecule has 0 saturated carbocycles. The largest absolute Gasteiger partial charge is 0.351 e. The van der Waals surface area contributed by atoms with Gasteiger partial charge in [-0.05, 0) is 19.3 Å². The Balaban J connectivity index is 1.65. The van der Waals surface area contributed by atoms with Crippen molar-refractivity contribution in [1.29, 1.82) is 0 Å². The highest BCUT2D eigenvalue weighted by atomic mass is 16.5. The number of nitrogens with one attached hydrogen (secondary N) is 1. The van der Waals surface area contributed by atoms with E-state index in [1.54, 1.807) is 12.4 Å². The molecule has 0 spiro atoms. The first kappa shape index (κ1) is 12.6. The third-order valence-corrected chi connectivity index (χ3v) is 3.20. The number of rotatable bonds is 3. The number of carbonyl (C=O) groups excluding carboxylic acids is 1. The molecule has 104 valence electrons. The summed E-state index contributed by atoms with van der Waals surface area (Å²) in [6, 6.07) is 1.50. The minimum atomic E-state index is -0.364. The Morgan fingerprint density at radius 2 is 1.95 bits per heavy atom. The fraction of sp³-hybridized carbons (Fsp3) is 0.385. The first-order valence-corrected chi connectivity index (χ1v) is 6.62. The summed E-state index contributed by atoms with van der Waals surface area (Å²) in [5.41, 5.74) is 0.534. The highest BCUT2D eigenvalue weighted by Crippen LogP contribution is 2.16. The number of amides is 1. The van der Waals surface area contributed by atoms with E-state index in [2.05, 4.69) is 25.3 Å². The number of aromatic nitrogens is 3. The smallest absolute Gasteiger partial charge is 0.294 e. The summed E-state index contributed by atoms with van der Waals surface area (Å²) in [6.07, 6.45) is 8.24. The van der Waals surface area contributed by atoms with Crippen LogP contribution in [0, 0.1) is 0 Å². The molecule has 0 radical (unpaired) electrons. The summed E-state index contributed by atoms with van der Waals surface area (Å²) in [4.78, 5) is 22.5. The molecule has 0 aliphatic carbocycles. The summed E-state index contributed by atoms with van der Waals surface area (Å²) < 4.78 is 4.78. The van der Waals surface area contributed by atoms with Gasteiger partial charge in [0.2, 0.25) is 11.7 Å². The summed E-state index contributed by atoms with van der Waals surface area (Å²) in [5.74, 6) is 0.504. The molecule has 20 heavy (non-hydrogen) atoms. The van der Waals surface area contributed by atoms with Crippen LogP contribution in [0.3, 0.4) is 0 Å². The second kappa shape index (κ2) is 5.68. The predicted octanol–water partition coefficient (Wildman–Crippen LogP) is 1.71. The molecule has 1 aliphatic rings. The average Bonchev–Trinajstić information content (AvgIpc) is 3.03. The van der Waals surface area contributed by atoms with E-state index in [4.69, 9.17) is 4.52 Å². The molecule has 0 bridgehead atoms. The number of hydrogen-bond acceptors (Lipinski definition) is 6. The van der Waals surface area contributed by atoms with Crippen LogP contribution in [0.4, 0.5) is 11.6 Å². The zero-order chi connectivity index (χ0) is 13.8. The topological polar surface area (TPSA) is 84.2 Å². The van der Waals surface area contributed by atoms with E-state index in [9.17, 15) is 4.79 Å². The van der Waals surface area contributed by atoms with Crippen LogP contribution in [0.2, 0.25) is 0 Å². The molecule has 7 heteroatoms. The van der Waals surface area contributed by atoms with Crippen molar-refractivity contribution in [2.75, 3.05) is 23.3 Å². The van der Waals surface area contributed by atoms with E-state index in [0.717, 1.165) is 13.1 Å². The number of nitrogens with zero attached hydrogens (tertiary/aromatic N) is 4. The molecular formula is C13H15N5O2. The van der Waals surface area contributed by atoms with E-state index in [-0.39, 0.29) is 11.7 Å². The van der Waals surface area contributed by atoms with Crippen molar-refractivity contribution in [2.45, 2.75) is 19.3 Å². The van der Waals surface area contributed by atoms with E-state index in [1.807, 2.05) is 0 Å². The SMILES string of the molecule is O=C(Nc1cnc(N2CCCCC2)nc1)c1ccno1. The molecule has 3 rings (SSSR count). The molecule has 1 saturated heterocycles. The Hall–Kier alpha value is -2.44. The van der Waals surface area contributed by atoms with Crippen LogP contribution in [0.15, 0.2) is 29.2 Å². The second-order valence-electron chi connectivity index (χ2n) is 4.65. The zero-order valence-electron chi connectivity index (χ0n) is 11.0. The van der Waals surface area contributed by atoms with Crippen molar-refractivity contribution < 1.29 is 9.32 Å². The lowest BCUT2D eigenvalue weighted by Gasteiger charge is -2.26. The van der Waals surface area contributed by atoms with Crippen LogP contribution in [0.1, 0.15) is 29.8 Å². The Kier molecular flexibility index (Phi) is 3.58. The van der Waals surface area contributed by atoms with Crippen molar-refractivity contribution in [3.8, 4) is 0 Å². The van der Waals surface area contributed by atoms with Gasteiger partial charge in [0.15, 0.2) is 0 Å². The van der Waals surface area contributed by atoms with Crippen LogP contribution in [-0.2, 0) is 0 Å². The predicted molar refractivity (Wildman–Crippen MR) is 72.6 cm³/mol. The molecular weight excluding hydrogens is 258 g/mol. The van der Waals surface area contributed by atoms with E-state index in [0.29, 0.717) is 11.6 Å². The standard InChI is InChI=1S/C13H15N5O2/c19-12(11-4-5-16-20-11)17-10-8-14-13(15-9-10)18-6-2-1-3-7-18/h4-5,8-9H,1-3,6-7H2,(H,17,19). The number of carbonyl (C=O) groups is 1. The van der Waals surface area contributed by atoms with E-state index < -0.39 is 0 Å². The Morgan fingerprint density at radius 1 is 1.20 bits per heavy atom. The van der Waals surface area contributed by atoms with Gasteiger partial charge < -0.3 is 14.7 Å². The average molecular weight is 273 g/mol. The van der Waals surface area contributed by atoms with Gasteiger partial charge in [-0.25, -0.2) is 9.97 Å². The molecule has 1 fully saturated rings. The summed E-state index contributed by atoms with van der Waals surface area (Å²) in [5, 5.41) is 6.14. The maximum Gasteiger partial charge on any atom is 0.294 e. The van der Waals surface area contributed by atoms with E-state index in [1.165, 1.54) is 31.5 Å². The molecule has 0 atom stereocenters. The minimum absolute atomic E-state index is 0.158. The van der Waals surface area contributed by atoms with Crippen molar-refractivity contribution in [3.63, 3.8) is 0 Å². The van der Waals surface area contributed by atoms with Gasteiger partial charge >= 0.3 is 0 Å². The first-order chi connectivity index (χ1) is 9.83. The Bertz CT molecular complexity index is 561. The van der Waals surface area contributed by atoms with Gasteiger partial charge in [-0.15, -0.1) is 0 Å².